The lowest BCUT2D eigenvalue weighted by atomic mass is 10.7. The predicted molar refractivity (Wildman–Crippen MR) is 45.5 cm³/mol. The van der Waals surface area contributed by atoms with E-state index in [9.17, 15) is 13.2 Å². The Labute approximate surface area is 75.5 Å². The maximum atomic E-state index is 11.1. The van der Waals surface area contributed by atoms with Crippen molar-refractivity contribution in [2.75, 3.05) is 18.8 Å². The summed E-state index contributed by atoms with van der Waals surface area (Å²) < 4.78 is 22.1. The van der Waals surface area contributed by atoms with Gasteiger partial charge in [0.25, 0.3) is 0 Å². The summed E-state index contributed by atoms with van der Waals surface area (Å²) in [5.74, 6) is -1.86. The molecule has 13 heavy (non-hydrogen) atoms. The van der Waals surface area contributed by atoms with Gasteiger partial charge in [-0.25, -0.2) is 8.42 Å². The zero-order chi connectivity index (χ0) is 9.90. The van der Waals surface area contributed by atoms with Crippen LogP contribution in [0.15, 0.2) is 11.2 Å². The highest BCUT2D eigenvalue weighted by molar-refractivity contribution is 7.94. The van der Waals surface area contributed by atoms with Crippen LogP contribution in [0, 0.1) is 0 Å². The van der Waals surface area contributed by atoms with Crippen molar-refractivity contribution in [3.05, 3.63) is 11.2 Å². The molecule has 1 rings (SSSR count). The van der Waals surface area contributed by atoms with Gasteiger partial charge in [-0.2, -0.15) is 0 Å². The van der Waals surface area contributed by atoms with Gasteiger partial charge >= 0.3 is 5.97 Å². The first kappa shape index (κ1) is 9.85. The lowest BCUT2D eigenvalue weighted by molar-refractivity contribution is -0.134. The fraction of sp³-hybridized carbons (Fsp3) is 0.500. The zero-order valence-corrected chi connectivity index (χ0v) is 7.60. The fourth-order valence-corrected chi connectivity index (χ4v) is 1.89. The molecule has 0 saturated carbocycles. The molecule has 0 unspecified atom stereocenters. The number of carboxylic acid groups (broad SMARTS) is 1. The molecule has 3 N–H and O–H groups in total. The molecule has 0 amide bonds. The SMILES string of the molecule is O=C(O)CS(=O)(=O)C=C1NCCN1. The van der Waals surface area contributed by atoms with Crippen LogP contribution in [0.1, 0.15) is 0 Å². The Hall–Kier alpha value is -1.24. The molecule has 0 aromatic rings. The molecule has 0 spiro atoms. The van der Waals surface area contributed by atoms with Gasteiger partial charge in [-0.1, -0.05) is 0 Å². The molecule has 1 aliphatic heterocycles. The molecule has 1 aliphatic rings. The summed E-state index contributed by atoms with van der Waals surface area (Å²) in [7, 11) is -3.65. The van der Waals surface area contributed by atoms with Crippen LogP contribution in [0.2, 0.25) is 0 Å². The third-order valence-corrected chi connectivity index (χ3v) is 2.62. The van der Waals surface area contributed by atoms with E-state index in [1.165, 1.54) is 0 Å². The number of nitrogens with one attached hydrogen (secondary N) is 2. The summed E-state index contributed by atoms with van der Waals surface area (Å²) >= 11 is 0. The Kier molecular flexibility index (Phi) is 2.76. The standard InChI is InChI=1S/C6H10N2O4S/c9-6(10)4-13(11,12)3-5-7-1-2-8-5/h3,7-8H,1-2,4H2,(H,9,10). The van der Waals surface area contributed by atoms with Crippen LogP contribution < -0.4 is 10.6 Å². The topological polar surface area (TPSA) is 95.5 Å². The first-order valence-electron chi connectivity index (χ1n) is 3.63. The average Bonchev–Trinajstić information content (AvgIpc) is 2.34. The van der Waals surface area contributed by atoms with E-state index in [0.717, 1.165) is 5.41 Å². The van der Waals surface area contributed by atoms with E-state index in [4.69, 9.17) is 5.11 Å². The Balaban J connectivity index is 2.70. The van der Waals surface area contributed by atoms with Gasteiger partial charge in [0.2, 0.25) is 0 Å². The van der Waals surface area contributed by atoms with Gasteiger partial charge in [0.15, 0.2) is 15.6 Å². The van der Waals surface area contributed by atoms with Crippen LogP contribution in [0.3, 0.4) is 0 Å². The summed E-state index contributed by atoms with van der Waals surface area (Å²) in [4.78, 5) is 10.1. The van der Waals surface area contributed by atoms with Crippen molar-refractivity contribution < 1.29 is 18.3 Å². The van der Waals surface area contributed by atoms with E-state index < -0.39 is 21.6 Å². The van der Waals surface area contributed by atoms with Crippen molar-refractivity contribution in [1.82, 2.24) is 10.6 Å². The van der Waals surface area contributed by atoms with Crippen molar-refractivity contribution in [3.63, 3.8) is 0 Å². The van der Waals surface area contributed by atoms with Gasteiger partial charge in [-0.15, -0.1) is 0 Å². The molecule has 0 aromatic heterocycles. The van der Waals surface area contributed by atoms with E-state index in [2.05, 4.69) is 10.6 Å². The fourth-order valence-electron chi connectivity index (χ4n) is 0.934. The van der Waals surface area contributed by atoms with E-state index in [1.54, 1.807) is 0 Å². The van der Waals surface area contributed by atoms with Crippen molar-refractivity contribution >= 4 is 15.8 Å². The maximum Gasteiger partial charge on any atom is 0.319 e. The number of sulfone groups is 1. The number of aliphatic carboxylic acids is 1. The molecule has 1 fully saturated rings. The van der Waals surface area contributed by atoms with Crippen LogP contribution in [0.5, 0.6) is 0 Å². The molecule has 6 nitrogen and oxygen atoms in total. The van der Waals surface area contributed by atoms with E-state index >= 15 is 0 Å². The van der Waals surface area contributed by atoms with Crippen LogP contribution >= 0.6 is 0 Å². The third kappa shape index (κ3) is 3.32. The predicted octanol–water partition coefficient (Wildman–Crippen LogP) is -1.52. The molecule has 0 aliphatic carbocycles. The van der Waals surface area contributed by atoms with Crippen molar-refractivity contribution in [3.8, 4) is 0 Å². The van der Waals surface area contributed by atoms with Crippen LogP contribution in [0.25, 0.3) is 0 Å². The van der Waals surface area contributed by atoms with Crippen molar-refractivity contribution in [2.45, 2.75) is 0 Å². The molecule has 1 saturated heterocycles. The molecular formula is C6H10N2O4S. The number of carbonyl (C=O) groups is 1. The van der Waals surface area contributed by atoms with Crippen molar-refractivity contribution in [2.24, 2.45) is 0 Å². The van der Waals surface area contributed by atoms with Crippen LogP contribution in [-0.2, 0) is 14.6 Å². The zero-order valence-electron chi connectivity index (χ0n) is 6.78. The minimum atomic E-state index is -3.65. The summed E-state index contributed by atoms with van der Waals surface area (Å²) in [6.07, 6.45) is 0. The summed E-state index contributed by atoms with van der Waals surface area (Å²) in [5.41, 5.74) is 0. The monoisotopic (exact) mass is 206 g/mol. The highest BCUT2D eigenvalue weighted by Crippen LogP contribution is 1.98. The molecule has 74 valence electrons. The minimum absolute atomic E-state index is 0.362. The van der Waals surface area contributed by atoms with Gasteiger partial charge < -0.3 is 15.7 Å². The molecule has 0 radical (unpaired) electrons. The molecule has 1 heterocycles. The minimum Gasteiger partial charge on any atom is -0.480 e. The quantitative estimate of drug-likeness (QED) is 0.519. The highest BCUT2D eigenvalue weighted by atomic mass is 32.2. The Bertz CT molecular complexity index is 325. The summed E-state index contributed by atoms with van der Waals surface area (Å²) in [6.45, 7) is 1.29. The Morgan fingerprint density at radius 3 is 2.46 bits per heavy atom. The Morgan fingerprint density at radius 1 is 1.46 bits per heavy atom. The maximum absolute atomic E-state index is 11.1. The lowest BCUT2D eigenvalue weighted by Gasteiger charge is -1.98. The largest absolute Gasteiger partial charge is 0.480 e. The number of hydrogen-bond donors (Lipinski definition) is 3. The Morgan fingerprint density at radius 2 is 2.00 bits per heavy atom. The molecule has 7 heteroatoms. The number of carboxylic acids is 1. The molecule has 0 bridgehead atoms. The molecular weight excluding hydrogens is 196 g/mol. The first-order chi connectivity index (χ1) is 5.99. The molecule has 0 atom stereocenters. The first-order valence-corrected chi connectivity index (χ1v) is 5.35. The number of hydrogen-bond acceptors (Lipinski definition) is 5. The van der Waals surface area contributed by atoms with Crippen LogP contribution in [-0.4, -0.2) is 38.3 Å². The second-order valence-electron chi connectivity index (χ2n) is 2.59. The normalized spacial score (nSPS) is 16.2. The number of rotatable bonds is 3. The van der Waals surface area contributed by atoms with E-state index in [1.807, 2.05) is 0 Å². The van der Waals surface area contributed by atoms with Gasteiger partial charge in [-0.3, -0.25) is 4.79 Å². The third-order valence-electron chi connectivity index (χ3n) is 1.38. The van der Waals surface area contributed by atoms with E-state index in [-0.39, 0.29) is 0 Å². The smallest absolute Gasteiger partial charge is 0.319 e. The van der Waals surface area contributed by atoms with Gasteiger partial charge in [0, 0.05) is 13.1 Å². The molecule has 0 aromatic carbocycles. The van der Waals surface area contributed by atoms with Gasteiger partial charge in [0.1, 0.15) is 5.82 Å². The summed E-state index contributed by atoms with van der Waals surface area (Å²) in [5, 5.41) is 14.7. The van der Waals surface area contributed by atoms with E-state index in [0.29, 0.717) is 18.9 Å². The second kappa shape index (κ2) is 3.65. The highest BCUT2D eigenvalue weighted by Gasteiger charge is 2.15. The van der Waals surface area contributed by atoms with Gasteiger partial charge in [0.05, 0.1) is 5.41 Å². The summed E-state index contributed by atoms with van der Waals surface area (Å²) in [6, 6.07) is 0. The second-order valence-corrected chi connectivity index (χ2v) is 4.44. The van der Waals surface area contributed by atoms with Crippen molar-refractivity contribution in [1.29, 1.82) is 0 Å². The average molecular weight is 206 g/mol. The lowest BCUT2D eigenvalue weighted by Crippen LogP contribution is -2.17. The van der Waals surface area contributed by atoms with Crippen LogP contribution in [0.4, 0.5) is 0 Å². The van der Waals surface area contributed by atoms with Gasteiger partial charge in [-0.05, 0) is 0 Å².